The maximum absolute atomic E-state index is 11.4. The summed E-state index contributed by atoms with van der Waals surface area (Å²) in [5.41, 5.74) is -1.37. The number of carbonyl (C=O) groups excluding carboxylic acids is 1. The second-order valence-corrected chi connectivity index (χ2v) is 4.83. The zero-order chi connectivity index (χ0) is 12.1. The van der Waals surface area contributed by atoms with Crippen LogP contribution in [0.4, 0.5) is 0 Å². The predicted octanol–water partition coefficient (Wildman–Crippen LogP) is -0.339. The zero-order valence-corrected chi connectivity index (χ0v) is 9.83. The van der Waals surface area contributed by atoms with E-state index in [9.17, 15) is 4.79 Å². The largest absolute Gasteiger partial charge is 0.394 e. The minimum Gasteiger partial charge on any atom is -0.394 e. The first-order valence-corrected chi connectivity index (χ1v) is 4.89. The molecule has 0 fully saturated rings. The molecule has 0 aromatic heterocycles. The van der Waals surface area contributed by atoms with Crippen molar-refractivity contribution < 1.29 is 19.7 Å². The van der Waals surface area contributed by atoms with Gasteiger partial charge in [0.15, 0.2) is 0 Å². The highest BCUT2D eigenvalue weighted by Gasteiger charge is 2.25. The van der Waals surface area contributed by atoms with Crippen LogP contribution in [0.25, 0.3) is 0 Å². The van der Waals surface area contributed by atoms with Gasteiger partial charge in [0.1, 0.15) is 6.61 Å². The molecular formula is C10H21NO4. The molecule has 1 amide bonds. The quantitative estimate of drug-likeness (QED) is 0.591. The van der Waals surface area contributed by atoms with E-state index in [1.165, 1.54) is 0 Å². The van der Waals surface area contributed by atoms with Gasteiger partial charge in [-0.1, -0.05) is 0 Å². The van der Waals surface area contributed by atoms with Crippen molar-refractivity contribution in [3.63, 3.8) is 0 Å². The van der Waals surface area contributed by atoms with E-state index in [4.69, 9.17) is 14.9 Å². The fraction of sp³-hybridized carbons (Fsp3) is 0.900. The third-order valence-electron chi connectivity index (χ3n) is 1.78. The Labute approximate surface area is 90.4 Å². The summed E-state index contributed by atoms with van der Waals surface area (Å²) in [4.78, 5) is 11.4. The van der Waals surface area contributed by atoms with Crippen LogP contribution in [-0.4, -0.2) is 47.1 Å². The van der Waals surface area contributed by atoms with Gasteiger partial charge in [0.2, 0.25) is 5.91 Å². The van der Waals surface area contributed by atoms with Crippen LogP contribution in [0.15, 0.2) is 0 Å². The second kappa shape index (κ2) is 5.44. The van der Waals surface area contributed by atoms with Gasteiger partial charge in [-0.05, 0) is 27.7 Å². The first-order chi connectivity index (χ1) is 6.72. The van der Waals surface area contributed by atoms with Crippen molar-refractivity contribution in [3.05, 3.63) is 0 Å². The summed E-state index contributed by atoms with van der Waals surface area (Å²) < 4.78 is 5.25. The smallest absolute Gasteiger partial charge is 0.246 e. The summed E-state index contributed by atoms with van der Waals surface area (Å²) in [6.45, 7) is 6.38. The van der Waals surface area contributed by atoms with Gasteiger partial charge in [-0.3, -0.25) is 4.79 Å². The summed E-state index contributed by atoms with van der Waals surface area (Å²) in [6.07, 6.45) is 0. The molecule has 0 saturated carbocycles. The molecule has 0 rings (SSSR count). The molecule has 0 spiro atoms. The molecule has 0 atom stereocenters. The first kappa shape index (κ1) is 14.3. The highest BCUT2D eigenvalue weighted by molar-refractivity contribution is 5.78. The lowest BCUT2D eigenvalue weighted by molar-refractivity contribution is -0.133. The van der Waals surface area contributed by atoms with Crippen LogP contribution in [0.3, 0.4) is 0 Å². The number of hydrogen-bond donors (Lipinski definition) is 3. The number of nitrogens with one attached hydrogen (secondary N) is 1. The van der Waals surface area contributed by atoms with E-state index >= 15 is 0 Å². The molecule has 0 aromatic rings. The minimum absolute atomic E-state index is 0.0842. The lowest BCUT2D eigenvalue weighted by atomic mass is 10.1. The van der Waals surface area contributed by atoms with Crippen LogP contribution in [-0.2, 0) is 9.53 Å². The molecule has 0 aliphatic heterocycles. The summed E-state index contributed by atoms with van der Waals surface area (Å²) in [5, 5.41) is 20.4. The molecule has 5 nitrogen and oxygen atoms in total. The van der Waals surface area contributed by atoms with Crippen LogP contribution in [0.2, 0.25) is 0 Å². The molecule has 0 saturated heterocycles. The van der Waals surface area contributed by atoms with E-state index in [1.54, 1.807) is 6.92 Å². The fourth-order valence-corrected chi connectivity index (χ4v) is 0.784. The van der Waals surface area contributed by atoms with Crippen LogP contribution in [0.1, 0.15) is 27.7 Å². The van der Waals surface area contributed by atoms with E-state index in [0.29, 0.717) is 0 Å². The van der Waals surface area contributed by atoms with E-state index in [0.717, 1.165) is 0 Å². The van der Waals surface area contributed by atoms with Gasteiger partial charge < -0.3 is 20.3 Å². The minimum atomic E-state index is -0.988. The van der Waals surface area contributed by atoms with E-state index in [1.807, 2.05) is 20.8 Å². The Morgan fingerprint density at radius 3 is 2.00 bits per heavy atom. The Bertz CT molecular complexity index is 206. The highest BCUT2D eigenvalue weighted by atomic mass is 16.5. The van der Waals surface area contributed by atoms with E-state index < -0.39 is 5.54 Å². The molecule has 0 aromatic carbocycles. The Hall–Kier alpha value is -0.650. The lowest BCUT2D eigenvalue weighted by Gasteiger charge is -2.27. The molecule has 90 valence electrons. The number of aliphatic hydroxyl groups excluding tert-OH is 2. The van der Waals surface area contributed by atoms with Crippen molar-refractivity contribution in [1.82, 2.24) is 5.32 Å². The molecule has 3 N–H and O–H groups in total. The summed E-state index contributed by atoms with van der Waals surface area (Å²) in [5.74, 6) is -0.351. The Morgan fingerprint density at radius 1 is 1.20 bits per heavy atom. The average Bonchev–Trinajstić information content (AvgIpc) is 2.13. The molecule has 15 heavy (non-hydrogen) atoms. The Morgan fingerprint density at radius 2 is 1.67 bits per heavy atom. The molecule has 0 radical (unpaired) electrons. The van der Waals surface area contributed by atoms with Crippen molar-refractivity contribution in [2.24, 2.45) is 0 Å². The SMILES string of the molecule is CC(CO)(CO)NC(=O)COC(C)(C)C. The van der Waals surface area contributed by atoms with Gasteiger partial charge in [-0.2, -0.15) is 0 Å². The third kappa shape index (κ3) is 6.43. The van der Waals surface area contributed by atoms with E-state index in [-0.39, 0.29) is 31.3 Å². The van der Waals surface area contributed by atoms with Crippen molar-refractivity contribution in [1.29, 1.82) is 0 Å². The van der Waals surface area contributed by atoms with Crippen molar-refractivity contribution in [2.45, 2.75) is 38.8 Å². The van der Waals surface area contributed by atoms with Gasteiger partial charge in [0, 0.05) is 0 Å². The van der Waals surface area contributed by atoms with Gasteiger partial charge in [0.05, 0.1) is 24.4 Å². The van der Waals surface area contributed by atoms with Crippen molar-refractivity contribution in [3.8, 4) is 0 Å². The number of ether oxygens (including phenoxy) is 1. The standard InChI is InChI=1S/C10H21NO4/c1-9(2,3)15-5-8(14)11-10(4,6-12)7-13/h12-13H,5-7H2,1-4H3,(H,11,14). The Kier molecular flexibility index (Phi) is 5.20. The molecular weight excluding hydrogens is 198 g/mol. The van der Waals surface area contributed by atoms with Gasteiger partial charge in [-0.15, -0.1) is 0 Å². The highest BCUT2D eigenvalue weighted by Crippen LogP contribution is 2.06. The van der Waals surface area contributed by atoms with Crippen molar-refractivity contribution in [2.75, 3.05) is 19.8 Å². The van der Waals surface area contributed by atoms with Crippen LogP contribution < -0.4 is 5.32 Å². The van der Waals surface area contributed by atoms with E-state index in [2.05, 4.69) is 5.32 Å². The number of aliphatic hydroxyl groups is 2. The molecule has 0 aliphatic rings. The summed E-state index contributed by atoms with van der Waals surface area (Å²) >= 11 is 0. The molecule has 0 bridgehead atoms. The number of hydrogen-bond acceptors (Lipinski definition) is 4. The third-order valence-corrected chi connectivity index (χ3v) is 1.78. The fourth-order valence-electron chi connectivity index (χ4n) is 0.784. The maximum atomic E-state index is 11.4. The zero-order valence-electron chi connectivity index (χ0n) is 9.83. The Balaban J connectivity index is 4.04. The number of carbonyl (C=O) groups is 1. The van der Waals surface area contributed by atoms with Crippen LogP contribution in [0, 0.1) is 0 Å². The predicted molar refractivity (Wildman–Crippen MR) is 56.4 cm³/mol. The summed E-state index contributed by atoms with van der Waals surface area (Å²) in [6, 6.07) is 0. The van der Waals surface area contributed by atoms with Gasteiger partial charge in [0.25, 0.3) is 0 Å². The van der Waals surface area contributed by atoms with Gasteiger partial charge >= 0.3 is 0 Å². The molecule has 0 heterocycles. The van der Waals surface area contributed by atoms with Gasteiger partial charge in [-0.25, -0.2) is 0 Å². The summed E-state index contributed by atoms with van der Waals surface area (Å²) in [7, 11) is 0. The average molecular weight is 219 g/mol. The molecule has 5 heteroatoms. The first-order valence-electron chi connectivity index (χ1n) is 4.89. The van der Waals surface area contributed by atoms with Crippen LogP contribution in [0.5, 0.6) is 0 Å². The lowest BCUT2D eigenvalue weighted by Crippen LogP contribution is -2.53. The number of amides is 1. The normalized spacial score (nSPS) is 12.7. The molecule has 0 unspecified atom stereocenters. The molecule has 0 aliphatic carbocycles. The monoisotopic (exact) mass is 219 g/mol. The van der Waals surface area contributed by atoms with Crippen LogP contribution >= 0.6 is 0 Å². The van der Waals surface area contributed by atoms with Crippen molar-refractivity contribution >= 4 is 5.91 Å². The number of rotatable bonds is 5. The maximum Gasteiger partial charge on any atom is 0.246 e. The second-order valence-electron chi connectivity index (χ2n) is 4.83. The topological polar surface area (TPSA) is 78.8 Å².